The van der Waals surface area contributed by atoms with Crippen molar-refractivity contribution in [1.29, 1.82) is 0 Å². The van der Waals surface area contributed by atoms with Crippen molar-refractivity contribution >= 4 is 8.32 Å². The molecule has 0 atom stereocenters. The molecule has 1 aromatic rings. The summed E-state index contributed by atoms with van der Waals surface area (Å²) in [6.07, 6.45) is 1.17. The van der Waals surface area contributed by atoms with Gasteiger partial charge in [0.05, 0.1) is 0 Å². The molecule has 1 aromatic carbocycles. The number of fused-ring (bicyclic) bond motifs is 1. The summed E-state index contributed by atoms with van der Waals surface area (Å²) in [6, 6.07) is 5.82. The van der Waals surface area contributed by atoms with Gasteiger partial charge in [0.25, 0.3) is 0 Å². The third-order valence-corrected chi connectivity index (χ3v) is 5.74. The van der Waals surface area contributed by atoms with Gasteiger partial charge in [-0.3, -0.25) is 0 Å². The third kappa shape index (κ3) is 3.05. The summed E-state index contributed by atoms with van der Waals surface area (Å²) in [4.78, 5) is 0. The molecule has 1 heterocycles. The molecule has 19 heavy (non-hydrogen) atoms. The van der Waals surface area contributed by atoms with Crippen LogP contribution in [-0.2, 0) is 17.9 Å². The Balaban J connectivity index is 2.53. The number of benzene rings is 1. The van der Waals surface area contributed by atoms with Crippen molar-refractivity contribution in [2.45, 2.75) is 65.6 Å². The van der Waals surface area contributed by atoms with Crippen LogP contribution >= 0.6 is 0 Å². The van der Waals surface area contributed by atoms with Crippen LogP contribution in [0.4, 0.5) is 0 Å². The van der Waals surface area contributed by atoms with Crippen molar-refractivity contribution in [3.63, 3.8) is 0 Å². The van der Waals surface area contributed by atoms with E-state index in [-0.39, 0.29) is 5.41 Å². The standard InChI is InChI=1S/C17H28OSi/c1-12(2)10-13-8-9-15(17(3,4)5)16-14(13)11-19(6,7)18-16/h8-9,12H,10-11H2,1-7H3. The quantitative estimate of drug-likeness (QED) is 0.701. The normalized spacial score (nSPS) is 17.5. The first-order chi connectivity index (χ1) is 8.60. The minimum Gasteiger partial charge on any atom is -0.543 e. The van der Waals surface area contributed by atoms with E-state index >= 15 is 0 Å². The van der Waals surface area contributed by atoms with Crippen LogP contribution in [0.5, 0.6) is 5.75 Å². The molecule has 0 saturated heterocycles. The Morgan fingerprint density at radius 1 is 1.21 bits per heavy atom. The number of hydrogen-bond donors (Lipinski definition) is 0. The van der Waals surface area contributed by atoms with Crippen LogP contribution < -0.4 is 4.43 Å². The highest BCUT2D eigenvalue weighted by Crippen LogP contribution is 2.43. The third-order valence-electron chi connectivity index (χ3n) is 3.77. The fraction of sp³-hybridized carbons (Fsp3) is 0.647. The van der Waals surface area contributed by atoms with Crippen LogP contribution in [0.15, 0.2) is 12.1 Å². The molecule has 2 heteroatoms. The van der Waals surface area contributed by atoms with E-state index in [0.717, 1.165) is 0 Å². The zero-order valence-electron chi connectivity index (χ0n) is 13.6. The first-order valence-electron chi connectivity index (χ1n) is 7.44. The average Bonchev–Trinajstić information content (AvgIpc) is 2.50. The second kappa shape index (κ2) is 4.66. The van der Waals surface area contributed by atoms with Gasteiger partial charge < -0.3 is 4.43 Å². The molecule has 0 aromatic heterocycles. The van der Waals surface area contributed by atoms with Crippen LogP contribution in [0.1, 0.15) is 51.3 Å². The van der Waals surface area contributed by atoms with Gasteiger partial charge >= 0.3 is 0 Å². The van der Waals surface area contributed by atoms with Crippen LogP contribution in [-0.4, -0.2) is 8.32 Å². The summed E-state index contributed by atoms with van der Waals surface area (Å²) < 4.78 is 6.41. The molecule has 0 amide bonds. The molecule has 0 fully saturated rings. The molecule has 0 aliphatic carbocycles. The van der Waals surface area contributed by atoms with E-state index < -0.39 is 8.32 Å². The lowest BCUT2D eigenvalue weighted by Gasteiger charge is -2.25. The largest absolute Gasteiger partial charge is 0.543 e. The molecule has 0 bridgehead atoms. The van der Waals surface area contributed by atoms with Crippen molar-refractivity contribution in [2.24, 2.45) is 5.92 Å². The lowest BCUT2D eigenvalue weighted by atomic mass is 9.83. The van der Waals surface area contributed by atoms with E-state index in [1.165, 1.54) is 34.9 Å². The molecule has 0 spiro atoms. The fourth-order valence-corrected chi connectivity index (χ4v) is 5.04. The lowest BCUT2D eigenvalue weighted by molar-refractivity contribution is 0.517. The van der Waals surface area contributed by atoms with Gasteiger partial charge in [0.15, 0.2) is 0 Å². The van der Waals surface area contributed by atoms with Crippen molar-refractivity contribution in [3.8, 4) is 5.75 Å². The highest BCUT2D eigenvalue weighted by molar-refractivity contribution is 6.72. The van der Waals surface area contributed by atoms with Crippen LogP contribution in [0.3, 0.4) is 0 Å². The first-order valence-corrected chi connectivity index (χ1v) is 10.6. The molecule has 0 unspecified atom stereocenters. The smallest absolute Gasteiger partial charge is 0.249 e. The molecule has 0 radical (unpaired) electrons. The maximum Gasteiger partial charge on any atom is 0.249 e. The molecule has 2 rings (SSSR count). The molecule has 0 N–H and O–H groups in total. The molecule has 1 nitrogen and oxygen atoms in total. The van der Waals surface area contributed by atoms with Crippen molar-refractivity contribution < 1.29 is 4.43 Å². The summed E-state index contributed by atoms with van der Waals surface area (Å²) in [5.74, 6) is 1.93. The van der Waals surface area contributed by atoms with Gasteiger partial charge in [-0.15, -0.1) is 0 Å². The first kappa shape index (κ1) is 14.6. The van der Waals surface area contributed by atoms with Crippen molar-refractivity contribution in [3.05, 3.63) is 28.8 Å². The maximum absolute atomic E-state index is 6.41. The molecular formula is C17H28OSi. The summed E-state index contributed by atoms with van der Waals surface area (Å²) >= 11 is 0. The van der Waals surface area contributed by atoms with E-state index in [1.807, 2.05) is 0 Å². The van der Waals surface area contributed by atoms with E-state index in [0.29, 0.717) is 5.92 Å². The second-order valence-electron chi connectivity index (χ2n) is 7.97. The zero-order valence-corrected chi connectivity index (χ0v) is 14.6. The van der Waals surface area contributed by atoms with Crippen molar-refractivity contribution in [1.82, 2.24) is 0 Å². The topological polar surface area (TPSA) is 9.23 Å². The van der Waals surface area contributed by atoms with E-state index in [4.69, 9.17) is 4.43 Å². The van der Waals surface area contributed by atoms with Gasteiger partial charge in [-0.05, 0) is 47.5 Å². The predicted molar refractivity (Wildman–Crippen MR) is 85.5 cm³/mol. The summed E-state index contributed by atoms with van der Waals surface area (Å²) in [7, 11) is -1.54. The van der Waals surface area contributed by atoms with Gasteiger partial charge in [-0.1, -0.05) is 46.8 Å². The molecular weight excluding hydrogens is 248 g/mol. The number of rotatable bonds is 2. The molecule has 1 aliphatic rings. The minimum absolute atomic E-state index is 0.162. The van der Waals surface area contributed by atoms with Crippen LogP contribution in [0.2, 0.25) is 13.1 Å². The zero-order chi connectivity index (χ0) is 14.4. The van der Waals surface area contributed by atoms with Gasteiger partial charge in [0.1, 0.15) is 5.75 Å². The second-order valence-corrected chi connectivity index (χ2v) is 12.0. The summed E-state index contributed by atoms with van der Waals surface area (Å²) in [5.41, 5.74) is 4.57. The van der Waals surface area contributed by atoms with E-state index in [2.05, 4.69) is 59.8 Å². The Morgan fingerprint density at radius 3 is 2.37 bits per heavy atom. The highest BCUT2D eigenvalue weighted by Gasteiger charge is 2.38. The summed E-state index contributed by atoms with van der Waals surface area (Å²) in [5, 5.41) is 0. The Labute approximate surface area is 119 Å². The molecule has 106 valence electrons. The van der Waals surface area contributed by atoms with Crippen LogP contribution in [0, 0.1) is 5.92 Å². The lowest BCUT2D eigenvalue weighted by Crippen LogP contribution is -2.32. The predicted octanol–water partition coefficient (Wildman–Crippen LogP) is 4.86. The monoisotopic (exact) mass is 276 g/mol. The van der Waals surface area contributed by atoms with Gasteiger partial charge in [-0.25, -0.2) is 0 Å². The van der Waals surface area contributed by atoms with Gasteiger partial charge in [0, 0.05) is 6.04 Å². The SMILES string of the molecule is CC(C)Cc1ccc(C(C)(C)C)c2c1C[Si](C)(C)O2. The molecule has 1 aliphatic heterocycles. The minimum atomic E-state index is -1.54. The Kier molecular flexibility index (Phi) is 3.59. The van der Waals surface area contributed by atoms with E-state index in [9.17, 15) is 0 Å². The van der Waals surface area contributed by atoms with Crippen molar-refractivity contribution in [2.75, 3.05) is 0 Å². The average molecular weight is 276 g/mol. The summed E-state index contributed by atoms with van der Waals surface area (Å²) in [6.45, 7) is 16.1. The van der Waals surface area contributed by atoms with Gasteiger partial charge in [0.2, 0.25) is 8.32 Å². The molecule has 0 saturated carbocycles. The van der Waals surface area contributed by atoms with E-state index in [1.54, 1.807) is 0 Å². The number of hydrogen-bond acceptors (Lipinski definition) is 1. The highest BCUT2D eigenvalue weighted by atomic mass is 28.4. The Bertz CT molecular complexity index is 481. The van der Waals surface area contributed by atoms with Gasteiger partial charge in [-0.2, -0.15) is 0 Å². The Morgan fingerprint density at radius 2 is 1.84 bits per heavy atom. The van der Waals surface area contributed by atoms with Crippen LogP contribution in [0.25, 0.3) is 0 Å². The maximum atomic E-state index is 6.41. The fourth-order valence-electron chi connectivity index (χ4n) is 2.94. The Hall–Kier alpha value is -0.763.